The van der Waals surface area contributed by atoms with Gasteiger partial charge in [0.25, 0.3) is 5.91 Å². The smallest absolute Gasteiger partial charge is 0.272 e. The first kappa shape index (κ1) is 25.0. The fourth-order valence-electron chi connectivity index (χ4n) is 5.87. The van der Waals surface area contributed by atoms with Crippen LogP contribution in [-0.2, 0) is 13.0 Å². The van der Waals surface area contributed by atoms with Crippen LogP contribution in [0, 0.1) is 23.6 Å². The summed E-state index contributed by atoms with van der Waals surface area (Å²) < 4.78 is 33.6. The molecule has 2 N–H and O–H groups in total. The average molecular weight is 544 g/mol. The zero-order chi connectivity index (χ0) is 27.4. The zero-order valence-corrected chi connectivity index (χ0v) is 22.3. The monoisotopic (exact) mass is 543 g/mol. The number of amides is 1. The van der Waals surface area contributed by atoms with Gasteiger partial charge in [-0.05, 0) is 63.9 Å². The van der Waals surface area contributed by atoms with Crippen molar-refractivity contribution in [1.29, 1.82) is 0 Å². The number of H-pyrrole nitrogens is 1. The number of piperidine rings is 1. The summed E-state index contributed by atoms with van der Waals surface area (Å²) in [7, 11) is 2.12. The van der Waals surface area contributed by atoms with Crippen LogP contribution in [0.5, 0.6) is 0 Å². The largest absolute Gasteiger partial charge is 0.354 e. The van der Waals surface area contributed by atoms with Crippen LogP contribution in [0.4, 0.5) is 8.78 Å². The first-order valence-electron chi connectivity index (χ1n) is 14.0. The van der Waals surface area contributed by atoms with Crippen molar-refractivity contribution in [3.8, 4) is 11.8 Å². The molecule has 2 aliphatic heterocycles. The molecule has 7 rings (SSSR count). The molecule has 10 heteroatoms. The maximum absolute atomic E-state index is 15.7. The molecule has 2 fully saturated rings. The first-order valence-corrected chi connectivity index (χ1v) is 14.0. The second kappa shape index (κ2) is 9.89. The number of hydrogen-bond donors (Lipinski definition) is 2. The van der Waals surface area contributed by atoms with Crippen LogP contribution in [0.25, 0.3) is 10.9 Å². The molecular weight excluding hydrogens is 512 g/mol. The highest BCUT2D eigenvalue weighted by Crippen LogP contribution is 2.36. The highest BCUT2D eigenvalue weighted by molar-refractivity contribution is 5.93. The minimum atomic E-state index is -1.04. The van der Waals surface area contributed by atoms with Gasteiger partial charge in [-0.25, -0.2) is 13.8 Å². The summed E-state index contributed by atoms with van der Waals surface area (Å²) in [6.07, 6.45) is 4.74. The Labute approximate surface area is 230 Å². The van der Waals surface area contributed by atoms with Crippen molar-refractivity contribution < 1.29 is 13.6 Å². The van der Waals surface area contributed by atoms with Crippen molar-refractivity contribution in [2.24, 2.45) is 5.92 Å². The Morgan fingerprint density at radius 1 is 1.20 bits per heavy atom. The minimum Gasteiger partial charge on any atom is -0.354 e. The molecular formula is C30H31F2N7O. The second-order valence-electron chi connectivity index (χ2n) is 11.3. The standard InChI is InChI=1S/C30H31F2N7O/c1-37-12-10-18(11-13-37)6-7-21-15-24(36-39(21)20-8-9-20)30(40)35-29(27-25-14-19(31)16-38(25)17-33-27)28-26(32)22-4-2-3-5-23(22)34-28/h2-5,15,17-20,29,34H,8-14,16H2,1H3,(H,35,40)/t19-,29?/m1/s1. The Balaban J connectivity index is 1.22. The molecule has 0 spiro atoms. The molecule has 0 bridgehead atoms. The number of imidazole rings is 1. The van der Waals surface area contributed by atoms with Crippen LogP contribution in [-0.4, -0.2) is 61.4 Å². The quantitative estimate of drug-likeness (QED) is 0.371. The van der Waals surface area contributed by atoms with E-state index >= 15 is 4.39 Å². The van der Waals surface area contributed by atoms with Gasteiger partial charge < -0.3 is 19.8 Å². The Morgan fingerprint density at radius 3 is 2.77 bits per heavy atom. The molecule has 1 aliphatic carbocycles. The van der Waals surface area contributed by atoms with Crippen molar-refractivity contribution in [2.75, 3.05) is 20.1 Å². The Hall–Kier alpha value is -3.97. The molecule has 1 amide bonds. The van der Waals surface area contributed by atoms with E-state index in [4.69, 9.17) is 0 Å². The minimum absolute atomic E-state index is 0.163. The third kappa shape index (κ3) is 4.58. The molecule has 0 radical (unpaired) electrons. The van der Waals surface area contributed by atoms with E-state index in [1.54, 1.807) is 35.2 Å². The summed E-state index contributed by atoms with van der Waals surface area (Å²) in [6, 6.07) is 8.06. The lowest BCUT2D eigenvalue weighted by atomic mass is 9.98. The molecule has 3 aliphatic rings. The Kier molecular flexibility index (Phi) is 6.19. The SMILES string of the molecule is CN1CCC(C#Cc2cc(C(=O)NC(c3ncn4c3C[C@@H](F)C4)c3[nH]c4ccccc4c3F)nn2C2CC2)CC1. The lowest BCUT2D eigenvalue weighted by molar-refractivity contribution is 0.0935. The molecule has 5 heterocycles. The normalized spacial score (nSPS) is 20.3. The van der Waals surface area contributed by atoms with Gasteiger partial charge in [0.05, 0.1) is 30.3 Å². The number of para-hydroxylation sites is 1. The van der Waals surface area contributed by atoms with Gasteiger partial charge in [-0.15, -0.1) is 0 Å². The predicted molar refractivity (Wildman–Crippen MR) is 146 cm³/mol. The second-order valence-corrected chi connectivity index (χ2v) is 11.3. The number of benzene rings is 1. The number of carbonyl (C=O) groups is 1. The Bertz CT molecular complexity index is 1650. The zero-order valence-electron chi connectivity index (χ0n) is 22.3. The van der Waals surface area contributed by atoms with Gasteiger partial charge >= 0.3 is 0 Å². The van der Waals surface area contributed by atoms with Crippen LogP contribution in [0.2, 0.25) is 0 Å². The van der Waals surface area contributed by atoms with Gasteiger partial charge in [-0.3, -0.25) is 9.48 Å². The van der Waals surface area contributed by atoms with E-state index in [0.29, 0.717) is 28.2 Å². The van der Waals surface area contributed by atoms with Crippen molar-refractivity contribution in [3.63, 3.8) is 0 Å². The number of nitrogens with one attached hydrogen (secondary N) is 2. The van der Waals surface area contributed by atoms with Crippen LogP contribution in [0.15, 0.2) is 36.7 Å². The van der Waals surface area contributed by atoms with Gasteiger partial charge in [-0.2, -0.15) is 5.10 Å². The van der Waals surface area contributed by atoms with Crippen LogP contribution in [0.1, 0.15) is 71.0 Å². The number of rotatable bonds is 5. The van der Waals surface area contributed by atoms with Gasteiger partial charge in [0.15, 0.2) is 11.5 Å². The van der Waals surface area contributed by atoms with E-state index < -0.39 is 23.9 Å². The van der Waals surface area contributed by atoms with Gasteiger partial charge in [-0.1, -0.05) is 18.1 Å². The number of aromatic amines is 1. The number of aromatic nitrogens is 5. The molecule has 1 aromatic carbocycles. The summed E-state index contributed by atoms with van der Waals surface area (Å²) in [6.45, 7) is 2.26. The van der Waals surface area contributed by atoms with Gasteiger partial charge in [0.1, 0.15) is 17.9 Å². The predicted octanol–water partition coefficient (Wildman–Crippen LogP) is 4.14. The third-order valence-electron chi connectivity index (χ3n) is 8.28. The molecule has 1 saturated carbocycles. The van der Waals surface area contributed by atoms with Crippen molar-refractivity contribution in [3.05, 3.63) is 70.9 Å². The number of carbonyl (C=O) groups excluding carboxylic acids is 1. The molecule has 4 aromatic rings. The number of likely N-dealkylation sites (tertiary alicyclic amines) is 1. The first-order chi connectivity index (χ1) is 19.4. The maximum Gasteiger partial charge on any atom is 0.272 e. The lowest BCUT2D eigenvalue weighted by Gasteiger charge is -2.25. The van der Waals surface area contributed by atoms with E-state index in [0.717, 1.165) is 44.5 Å². The maximum atomic E-state index is 15.7. The van der Waals surface area contributed by atoms with Crippen molar-refractivity contribution >= 4 is 16.8 Å². The number of halogens is 2. The van der Waals surface area contributed by atoms with Crippen LogP contribution in [0.3, 0.4) is 0 Å². The van der Waals surface area contributed by atoms with Gasteiger partial charge in [0, 0.05) is 35.0 Å². The fraction of sp³-hybridized carbons (Fsp3) is 0.433. The molecule has 206 valence electrons. The van der Waals surface area contributed by atoms with E-state index in [1.807, 2.05) is 10.7 Å². The number of nitrogens with zero attached hydrogens (tertiary/aromatic N) is 5. The summed E-state index contributed by atoms with van der Waals surface area (Å²) in [5.41, 5.74) is 2.83. The molecule has 1 unspecified atom stereocenters. The van der Waals surface area contributed by atoms with E-state index in [2.05, 4.69) is 44.2 Å². The van der Waals surface area contributed by atoms with E-state index in [-0.39, 0.29) is 30.4 Å². The highest BCUT2D eigenvalue weighted by Gasteiger charge is 2.34. The third-order valence-corrected chi connectivity index (χ3v) is 8.28. The fourth-order valence-corrected chi connectivity index (χ4v) is 5.87. The summed E-state index contributed by atoms with van der Waals surface area (Å²) in [4.78, 5) is 23.6. The van der Waals surface area contributed by atoms with E-state index in [1.165, 1.54) is 0 Å². The van der Waals surface area contributed by atoms with Crippen molar-refractivity contribution in [1.82, 2.24) is 34.5 Å². The van der Waals surface area contributed by atoms with Crippen LogP contribution >= 0.6 is 0 Å². The molecule has 1 saturated heterocycles. The summed E-state index contributed by atoms with van der Waals surface area (Å²) >= 11 is 0. The molecule has 40 heavy (non-hydrogen) atoms. The lowest BCUT2D eigenvalue weighted by Crippen LogP contribution is -2.31. The number of alkyl halides is 1. The Morgan fingerprint density at radius 2 is 2.00 bits per heavy atom. The number of fused-ring (bicyclic) bond motifs is 2. The van der Waals surface area contributed by atoms with Crippen LogP contribution < -0.4 is 5.32 Å². The molecule has 3 aromatic heterocycles. The van der Waals surface area contributed by atoms with Crippen molar-refractivity contribution in [2.45, 2.75) is 56.9 Å². The number of hydrogen-bond acceptors (Lipinski definition) is 4. The molecule has 8 nitrogen and oxygen atoms in total. The van der Waals surface area contributed by atoms with Gasteiger partial charge in [0.2, 0.25) is 0 Å². The summed E-state index contributed by atoms with van der Waals surface area (Å²) in [5, 5.41) is 8.02. The van der Waals surface area contributed by atoms with E-state index in [9.17, 15) is 9.18 Å². The topological polar surface area (TPSA) is 83.8 Å². The molecule has 2 atom stereocenters. The average Bonchev–Trinajstić information content (AvgIpc) is 3.25. The summed E-state index contributed by atoms with van der Waals surface area (Å²) in [5.74, 6) is 6.11. The highest BCUT2D eigenvalue weighted by atomic mass is 19.1.